The summed E-state index contributed by atoms with van der Waals surface area (Å²) in [5.41, 5.74) is 1.34. The van der Waals surface area contributed by atoms with Crippen molar-refractivity contribution in [2.75, 3.05) is 6.61 Å². The Bertz CT molecular complexity index is 457. The summed E-state index contributed by atoms with van der Waals surface area (Å²) >= 11 is 0. The summed E-state index contributed by atoms with van der Waals surface area (Å²) in [6, 6.07) is 7.28. The van der Waals surface area contributed by atoms with Crippen LogP contribution in [0, 0.1) is 11.8 Å². The number of benzene rings is 1. The van der Waals surface area contributed by atoms with Gasteiger partial charge < -0.3 is 10.4 Å². The minimum absolute atomic E-state index is 0.0800. The van der Waals surface area contributed by atoms with E-state index in [4.69, 9.17) is 5.11 Å². The van der Waals surface area contributed by atoms with Gasteiger partial charge in [-0.25, -0.2) is 0 Å². The predicted octanol–water partition coefficient (Wildman–Crippen LogP) is 1.95. The highest BCUT2D eigenvalue weighted by Gasteiger charge is 2.08. The molecule has 0 aliphatic heterocycles. The number of carbonyl (C=O) groups excluding carboxylic acids is 1. The summed E-state index contributed by atoms with van der Waals surface area (Å²) in [5.74, 6) is 5.27. The van der Waals surface area contributed by atoms with E-state index in [1.165, 1.54) is 0 Å². The first-order valence-corrected chi connectivity index (χ1v) is 6.18. The Morgan fingerprint density at radius 1 is 1.50 bits per heavy atom. The van der Waals surface area contributed by atoms with E-state index in [0.717, 1.165) is 18.4 Å². The van der Waals surface area contributed by atoms with Crippen LogP contribution in [-0.4, -0.2) is 23.7 Å². The smallest absolute Gasteiger partial charge is 0.251 e. The highest BCUT2D eigenvalue weighted by Crippen LogP contribution is 2.05. The molecule has 0 fully saturated rings. The van der Waals surface area contributed by atoms with Crippen molar-refractivity contribution in [3.8, 4) is 11.8 Å². The van der Waals surface area contributed by atoms with Crippen LogP contribution in [0.5, 0.6) is 0 Å². The lowest BCUT2D eigenvalue weighted by Crippen LogP contribution is -2.32. The summed E-state index contributed by atoms with van der Waals surface area (Å²) in [5, 5.41) is 11.6. The standard InChI is InChI=1S/C15H19NO2/c1-3-6-12(2)16-15(18)14-9-4-7-13(11-14)8-5-10-17/h4,7,9,11-12,17H,3,6,10H2,1-2H3,(H,16,18). The number of aliphatic hydroxyl groups is 1. The van der Waals surface area contributed by atoms with Crippen molar-refractivity contribution in [1.29, 1.82) is 0 Å². The quantitative estimate of drug-likeness (QED) is 0.797. The molecule has 0 saturated carbocycles. The van der Waals surface area contributed by atoms with Gasteiger partial charge in [0.2, 0.25) is 0 Å². The fourth-order valence-corrected chi connectivity index (χ4v) is 1.69. The minimum Gasteiger partial charge on any atom is -0.384 e. The summed E-state index contributed by atoms with van der Waals surface area (Å²) in [6.45, 7) is 3.91. The van der Waals surface area contributed by atoms with Crippen molar-refractivity contribution in [1.82, 2.24) is 5.32 Å². The molecule has 1 rings (SSSR count). The highest BCUT2D eigenvalue weighted by atomic mass is 16.2. The van der Waals surface area contributed by atoms with Crippen molar-refractivity contribution < 1.29 is 9.90 Å². The zero-order valence-electron chi connectivity index (χ0n) is 10.9. The van der Waals surface area contributed by atoms with Gasteiger partial charge in [-0.2, -0.15) is 0 Å². The van der Waals surface area contributed by atoms with E-state index in [0.29, 0.717) is 5.56 Å². The van der Waals surface area contributed by atoms with E-state index in [1.54, 1.807) is 18.2 Å². The number of nitrogens with one attached hydrogen (secondary N) is 1. The Morgan fingerprint density at radius 2 is 2.28 bits per heavy atom. The van der Waals surface area contributed by atoms with E-state index in [9.17, 15) is 4.79 Å². The van der Waals surface area contributed by atoms with Crippen LogP contribution in [0.2, 0.25) is 0 Å². The van der Waals surface area contributed by atoms with E-state index in [-0.39, 0.29) is 18.6 Å². The van der Waals surface area contributed by atoms with Gasteiger partial charge in [-0.1, -0.05) is 31.3 Å². The zero-order chi connectivity index (χ0) is 13.4. The minimum atomic E-state index is -0.177. The third-order valence-electron chi connectivity index (χ3n) is 2.54. The Balaban J connectivity index is 2.74. The van der Waals surface area contributed by atoms with E-state index in [1.807, 2.05) is 13.0 Å². The number of aliphatic hydroxyl groups excluding tert-OH is 1. The van der Waals surface area contributed by atoms with Crippen molar-refractivity contribution >= 4 is 5.91 Å². The van der Waals surface area contributed by atoms with Gasteiger partial charge in [0.25, 0.3) is 5.91 Å². The van der Waals surface area contributed by atoms with Crippen LogP contribution in [0.3, 0.4) is 0 Å². The molecule has 0 saturated heterocycles. The Hall–Kier alpha value is -1.79. The van der Waals surface area contributed by atoms with Crippen molar-refractivity contribution in [2.24, 2.45) is 0 Å². The van der Waals surface area contributed by atoms with Crippen LogP contribution >= 0.6 is 0 Å². The Morgan fingerprint density at radius 3 is 2.94 bits per heavy atom. The number of carbonyl (C=O) groups is 1. The molecular formula is C15H19NO2. The van der Waals surface area contributed by atoms with Gasteiger partial charge in [-0.15, -0.1) is 0 Å². The van der Waals surface area contributed by atoms with Crippen molar-refractivity contribution in [3.63, 3.8) is 0 Å². The van der Waals surface area contributed by atoms with Crippen LogP contribution < -0.4 is 5.32 Å². The molecule has 1 unspecified atom stereocenters. The molecule has 0 aliphatic rings. The molecular weight excluding hydrogens is 226 g/mol. The fraction of sp³-hybridized carbons (Fsp3) is 0.400. The highest BCUT2D eigenvalue weighted by molar-refractivity contribution is 5.94. The Labute approximate surface area is 108 Å². The lowest BCUT2D eigenvalue weighted by Gasteiger charge is -2.12. The second-order valence-electron chi connectivity index (χ2n) is 4.20. The molecule has 1 aromatic carbocycles. The average Bonchev–Trinajstić information content (AvgIpc) is 2.37. The monoisotopic (exact) mass is 245 g/mol. The molecule has 18 heavy (non-hydrogen) atoms. The molecule has 2 N–H and O–H groups in total. The summed E-state index contributed by atoms with van der Waals surface area (Å²) in [7, 11) is 0. The normalized spacial score (nSPS) is 11.3. The van der Waals surface area contributed by atoms with Gasteiger partial charge in [0.15, 0.2) is 0 Å². The van der Waals surface area contributed by atoms with Crippen molar-refractivity contribution in [2.45, 2.75) is 32.7 Å². The molecule has 96 valence electrons. The average molecular weight is 245 g/mol. The van der Waals surface area contributed by atoms with Crippen LogP contribution in [0.15, 0.2) is 24.3 Å². The van der Waals surface area contributed by atoms with Crippen LogP contribution in [-0.2, 0) is 0 Å². The van der Waals surface area contributed by atoms with Gasteiger partial charge >= 0.3 is 0 Å². The van der Waals surface area contributed by atoms with Crippen LogP contribution in [0.1, 0.15) is 42.6 Å². The molecule has 0 aromatic heterocycles. The molecule has 0 aliphatic carbocycles. The predicted molar refractivity (Wildman–Crippen MR) is 72.2 cm³/mol. The van der Waals surface area contributed by atoms with E-state index >= 15 is 0 Å². The molecule has 0 spiro atoms. The molecule has 1 aromatic rings. The number of hydrogen-bond donors (Lipinski definition) is 2. The zero-order valence-corrected chi connectivity index (χ0v) is 10.9. The van der Waals surface area contributed by atoms with Gasteiger partial charge in [-0.05, 0) is 31.5 Å². The van der Waals surface area contributed by atoms with Crippen LogP contribution in [0.25, 0.3) is 0 Å². The molecule has 1 atom stereocenters. The third-order valence-corrected chi connectivity index (χ3v) is 2.54. The summed E-state index contributed by atoms with van der Waals surface area (Å²) in [4.78, 5) is 11.9. The van der Waals surface area contributed by atoms with Crippen LogP contribution in [0.4, 0.5) is 0 Å². The van der Waals surface area contributed by atoms with Gasteiger partial charge in [0.05, 0.1) is 0 Å². The topological polar surface area (TPSA) is 49.3 Å². The summed E-state index contributed by atoms with van der Waals surface area (Å²) < 4.78 is 0. The molecule has 1 amide bonds. The SMILES string of the molecule is CCCC(C)NC(=O)c1cccc(C#CCO)c1. The molecule has 0 heterocycles. The number of amides is 1. The maximum atomic E-state index is 11.9. The first kappa shape index (κ1) is 14.3. The lowest BCUT2D eigenvalue weighted by atomic mass is 10.1. The van der Waals surface area contributed by atoms with Gasteiger partial charge in [-0.3, -0.25) is 4.79 Å². The van der Waals surface area contributed by atoms with E-state index in [2.05, 4.69) is 24.1 Å². The number of rotatable bonds is 4. The number of hydrogen-bond acceptors (Lipinski definition) is 2. The third kappa shape index (κ3) is 4.60. The molecule has 3 heteroatoms. The maximum absolute atomic E-state index is 11.9. The molecule has 0 bridgehead atoms. The van der Waals surface area contributed by atoms with Crippen molar-refractivity contribution in [3.05, 3.63) is 35.4 Å². The molecule has 3 nitrogen and oxygen atoms in total. The maximum Gasteiger partial charge on any atom is 0.251 e. The first-order valence-electron chi connectivity index (χ1n) is 6.18. The second-order valence-corrected chi connectivity index (χ2v) is 4.20. The lowest BCUT2D eigenvalue weighted by molar-refractivity contribution is 0.0938. The summed E-state index contributed by atoms with van der Waals surface area (Å²) in [6.07, 6.45) is 2.01. The second kappa shape index (κ2) is 7.52. The van der Waals surface area contributed by atoms with E-state index < -0.39 is 0 Å². The Kier molecular flexibility index (Phi) is 5.96. The fourth-order valence-electron chi connectivity index (χ4n) is 1.69. The first-order chi connectivity index (χ1) is 8.67. The van der Waals surface area contributed by atoms with Gasteiger partial charge in [0.1, 0.15) is 6.61 Å². The largest absolute Gasteiger partial charge is 0.384 e. The molecule has 0 radical (unpaired) electrons. The van der Waals surface area contributed by atoms with Gasteiger partial charge in [0, 0.05) is 17.2 Å².